The quantitative estimate of drug-likeness (QED) is 0.595. The summed E-state index contributed by atoms with van der Waals surface area (Å²) in [6.45, 7) is -0.253. The molecule has 2 N–H and O–H groups in total. The Labute approximate surface area is 165 Å². The van der Waals surface area contributed by atoms with Crippen molar-refractivity contribution in [2.24, 2.45) is 0 Å². The molecule has 0 aliphatic carbocycles. The molecule has 2 unspecified atom stereocenters. The molecule has 1 fully saturated rings. The standard InChI is InChI=1S/C20H16N2O5S/c23-16(12-27-14-9-5-2-6-10-14)21-17-18(24)22(20(25)26)11-15(28-19(17)22)13-7-3-1-4-8-13/h1-11,17,19H,12H2,(H-,21,23,25,26)/p+1/t17?,19-,22?/m0/s1. The summed E-state index contributed by atoms with van der Waals surface area (Å²) in [5, 5.41) is 11.7. The number of ether oxygens (including phenoxy) is 1. The largest absolute Gasteiger partial charge is 0.527 e. The van der Waals surface area contributed by atoms with Crippen molar-refractivity contribution in [3.8, 4) is 5.75 Å². The Hall–Kier alpha value is -3.10. The number of carbonyl (C=O) groups excluding carboxylic acids is 2. The van der Waals surface area contributed by atoms with Gasteiger partial charge in [0.15, 0.2) is 12.0 Å². The molecule has 28 heavy (non-hydrogen) atoms. The van der Waals surface area contributed by atoms with Crippen molar-refractivity contribution >= 4 is 34.6 Å². The molecule has 3 amide bonds. The number of carboxylic acid groups (broad SMARTS) is 1. The third-order valence-corrected chi connectivity index (χ3v) is 6.13. The van der Waals surface area contributed by atoms with E-state index in [-0.39, 0.29) is 6.61 Å². The Morgan fingerprint density at radius 2 is 1.71 bits per heavy atom. The number of nitrogens with zero attached hydrogens (tertiary/aromatic N) is 1. The third kappa shape index (κ3) is 2.96. The topological polar surface area (TPSA) is 92.7 Å². The van der Waals surface area contributed by atoms with Crippen molar-refractivity contribution in [3.63, 3.8) is 0 Å². The maximum absolute atomic E-state index is 12.7. The predicted molar refractivity (Wildman–Crippen MR) is 103 cm³/mol. The number of thioether (sulfide) groups is 1. The van der Waals surface area contributed by atoms with Crippen LogP contribution in [0.4, 0.5) is 4.79 Å². The van der Waals surface area contributed by atoms with Crippen molar-refractivity contribution in [2.75, 3.05) is 6.61 Å². The van der Waals surface area contributed by atoms with Crippen LogP contribution in [0.2, 0.25) is 0 Å². The first-order valence-corrected chi connectivity index (χ1v) is 9.49. The molecule has 2 aromatic carbocycles. The van der Waals surface area contributed by atoms with E-state index in [1.54, 1.807) is 24.3 Å². The van der Waals surface area contributed by atoms with E-state index in [2.05, 4.69) is 5.32 Å². The lowest BCUT2D eigenvalue weighted by molar-refractivity contribution is -0.769. The number of benzene rings is 2. The number of nitrogens with one attached hydrogen (secondary N) is 1. The number of quaternary nitrogens is 1. The average molecular weight is 397 g/mol. The number of para-hydroxylation sites is 1. The van der Waals surface area contributed by atoms with Gasteiger partial charge in [0, 0.05) is 0 Å². The summed E-state index contributed by atoms with van der Waals surface area (Å²) >= 11 is 1.29. The molecular formula is C20H17N2O5S+. The van der Waals surface area contributed by atoms with Crippen LogP contribution in [-0.2, 0) is 9.59 Å². The molecule has 4 rings (SSSR count). The van der Waals surface area contributed by atoms with E-state index in [0.29, 0.717) is 10.7 Å². The monoisotopic (exact) mass is 397 g/mol. The van der Waals surface area contributed by atoms with E-state index in [4.69, 9.17) is 4.74 Å². The maximum Gasteiger partial charge on any atom is 0.527 e. The summed E-state index contributed by atoms with van der Waals surface area (Å²) in [6, 6.07) is 17.2. The van der Waals surface area contributed by atoms with Gasteiger partial charge in [0.05, 0.1) is 4.91 Å². The third-order valence-electron chi connectivity index (χ3n) is 4.69. The molecule has 8 heteroatoms. The summed E-state index contributed by atoms with van der Waals surface area (Å²) in [4.78, 5) is 37.5. The predicted octanol–water partition coefficient (Wildman–Crippen LogP) is 2.66. The smallest absolute Gasteiger partial charge is 0.484 e. The summed E-state index contributed by atoms with van der Waals surface area (Å²) in [7, 11) is 0. The van der Waals surface area contributed by atoms with E-state index in [9.17, 15) is 19.5 Å². The van der Waals surface area contributed by atoms with Crippen LogP contribution in [0.25, 0.3) is 4.91 Å². The van der Waals surface area contributed by atoms with E-state index in [1.165, 1.54) is 18.0 Å². The van der Waals surface area contributed by atoms with Gasteiger partial charge in [-0.05, 0) is 17.7 Å². The lowest BCUT2D eigenvalue weighted by atomic mass is 10.0. The number of hydrogen-bond acceptors (Lipinski definition) is 5. The van der Waals surface area contributed by atoms with Crippen LogP contribution >= 0.6 is 11.8 Å². The van der Waals surface area contributed by atoms with Gasteiger partial charge in [-0.3, -0.25) is 4.79 Å². The molecule has 0 bridgehead atoms. The van der Waals surface area contributed by atoms with Crippen molar-refractivity contribution in [3.05, 3.63) is 72.4 Å². The first-order valence-electron chi connectivity index (χ1n) is 8.61. The first kappa shape index (κ1) is 18.3. The van der Waals surface area contributed by atoms with E-state index in [0.717, 1.165) is 5.56 Å². The molecule has 2 aliphatic rings. The molecule has 142 valence electrons. The van der Waals surface area contributed by atoms with Gasteiger partial charge in [-0.15, -0.1) is 4.48 Å². The van der Waals surface area contributed by atoms with Gasteiger partial charge in [0.2, 0.25) is 6.04 Å². The zero-order valence-electron chi connectivity index (χ0n) is 14.6. The normalized spacial score (nSPS) is 25.3. The SMILES string of the molecule is O=C(COc1ccccc1)NC1C(=O)[N+]2(C(=O)O)C=C(c3ccccc3)S[C@@H]12. The number of rotatable bonds is 5. The second-order valence-electron chi connectivity index (χ2n) is 6.41. The van der Waals surface area contributed by atoms with Gasteiger partial charge in [0.25, 0.3) is 5.91 Å². The van der Waals surface area contributed by atoms with E-state index >= 15 is 0 Å². The van der Waals surface area contributed by atoms with Crippen molar-refractivity contribution in [1.82, 2.24) is 5.32 Å². The lowest BCUT2D eigenvalue weighted by Gasteiger charge is -2.42. The first-order chi connectivity index (χ1) is 13.5. The Bertz CT molecular complexity index is 963. The molecule has 2 heterocycles. The van der Waals surface area contributed by atoms with Gasteiger partial charge >= 0.3 is 12.0 Å². The number of carbonyl (C=O) groups is 3. The van der Waals surface area contributed by atoms with Crippen LogP contribution in [0.15, 0.2) is 66.9 Å². The van der Waals surface area contributed by atoms with Crippen molar-refractivity contribution < 1.29 is 28.7 Å². The summed E-state index contributed by atoms with van der Waals surface area (Å²) < 4.78 is 4.58. The van der Waals surface area contributed by atoms with Crippen LogP contribution in [0.5, 0.6) is 5.75 Å². The van der Waals surface area contributed by atoms with Gasteiger partial charge in [-0.2, -0.15) is 4.79 Å². The molecule has 2 aliphatic heterocycles. The van der Waals surface area contributed by atoms with Crippen molar-refractivity contribution in [1.29, 1.82) is 0 Å². The van der Waals surface area contributed by atoms with Crippen LogP contribution in [0.3, 0.4) is 0 Å². The van der Waals surface area contributed by atoms with Gasteiger partial charge in [0.1, 0.15) is 11.9 Å². The average Bonchev–Trinajstić information content (AvgIpc) is 3.09. The van der Waals surface area contributed by atoms with Crippen molar-refractivity contribution in [2.45, 2.75) is 11.4 Å². The van der Waals surface area contributed by atoms with E-state index in [1.807, 2.05) is 36.4 Å². The number of amides is 3. The molecule has 3 atom stereocenters. The van der Waals surface area contributed by atoms with E-state index < -0.39 is 33.8 Å². The van der Waals surface area contributed by atoms with Crippen LogP contribution in [0.1, 0.15) is 5.56 Å². The minimum absolute atomic E-state index is 0.253. The Balaban J connectivity index is 1.46. The fourth-order valence-electron chi connectivity index (χ4n) is 3.28. The fraction of sp³-hybridized carbons (Fsp3) is 0.150. The second-order valence-corrected chi connectivity index (χ2v) is 7.57. The van der Waals surface area contributed by atoms with Crippen LogP contribution < -0.4 is 10.1 Å². The highest BCUT2D eigenvalue weighted by Gasteiger charge is 2.72. The van der Waals surface area contributed by atoms with Crippen LogP contribution in [0, 0.1) is 0 Å². The number of fused-ring (bicyclic) bond motifs is 1. The van der Waals surface area contributed by atoms with Gasteiger partial charge in [-0.25, -0.2) is 4.79 Å². The maximum atomic E-state index is 12.7. The molecular weight excluding hydrogens is 380 g/mol. The summed E-state index contributed by atoms with van der Waals surface area (Å²) in [6.07, 6.45) is 0.206. The Morgan fingerprint density at radius 1 is 1.07 bits per heavy atom. The zero-order chi connectivity index (χ0) is 19.7. The Morgan fingerprint density at radius 3 is 2.36 bits per heavy atom. The highest BCUT2D eigenvalue weighted by molar-refractivity contribution is 8.09. The molecule has 0 aromatic heterocycles. The number of β-lactam (4-membered cyclic amide) rings is 1. The molecule has 7 nitrogen and oxygen atoms in total. The highest BCUT2D eigenvalue weighted by Crippen LogP contribution is 2.52. The van der Waals surface area contributed by atoms with Gasteiger partial charge < -0.3 is 15.2 Å². The van der Waals surface area contributed by atoms with Gasteiger partial charge in [-0.1, -0.05) is 60.3 Å². The second kappa shape index (κ2) is 7.14. The zero-order valence-corrected chi connectivity index (χ0v) is 15.5. The number of imide groups is 1. The minimum Gasteiger partial charge on any atom is -0.484 e. The molecule has 0 spiro atoms. The molecule has 2 aromatic rings. The molecule has 0 radical (unpaired) electrons. The Kier molecular flexibility index (Phi) is 4.66. The summed E-state index contributed by atoms with van der Waals surface area (Å²) in [5.41, 5.74) is 0.839. The lowest BCUT2D eigenvalue weighted by Crippen LogP contribution is -2.78. The van der Waals surface area contributed by atoms with Crippen LogP contribution in [-0.4, -0.2) is 45.5 Å². The molecule has 0 saturated carbocycles. The summed E-state index contributed by atoms with van der Waals surface area (Å²) in [5.74, 6) is -0.500. The number of hydrogen-bond donors (Lipinski definition) is 2. The minimum atomic E-state index is -1.25. The highest BCUT2D eigenvalue weighted by atomic mass is 32.2. The molecule has 1 saturated heterocycles. The fourth-order valence-corrected chi connectivity index (χ4v) is 4.78.